The number of hydrogen-bond donors (Lipinski definition) is 2. The minimum atomic E-state index is -1.07. The van der Waals surface area contributed by atoms with Gasteiger partial charge in [0.15, 0.2) is 0 Å². The molecular formula is C31H26FN3O5. The molecule has 0 saturated heterocycles. The molecule has 0 bridgehead atoms. The number of non-ortho nitro benzene ring substituents is 1. The average molecular weight is 540 g/mol. The Kier molecular flexibility index (Phi) is 7.54. The largest absolute Gasteiger partial charge is 0.478 e. The normalized spacial score (nSPS) is 12.5. The van der Waals surface area contributed by atoms with Crippen LogP contribution >= 0.6 is 0 Å². The summed E-state index contributed by atoms with van der Waals surface area (Å²) in [7, 11) is 0. The maximum atomic E-state index is 15.2. The number of nitrogens with one attached hydrogen (secondary N) is 1. The standard InChI is InChI=1S/C31H26FN3O5/c32-28-17-21(26-5-1-2-6-27(26)31(37)38)9-10-24(28)19-34-15-3-4-22-16-23(11-14-29(22)34)30(36)33-18-20-7-12-25(13-8-20)35(39)40/h1-2,5-14,16-17H,3-4,15,18-19H2,(H,33,36)(H,37,38). The van der Waals surface area contributed by atoms with E-state index >= 15 is 4.39 Å². The summed E-state index contributed by atoms with van der Waals surface area (Å²) in [5.41, 5.74) is 4.78. The molecule has 1 amide bonds. The van der Waals surface area contributed by atoms with Crippen molar-refractivity contribution in [2.45, 2.75) is 25.9 Å². The van der Waals surface area contributed by atoms with Gasteiger partial charge in [0.05, 0.1) is 10.5 Å². The van der Waals surface area contributed by atoms with Crippen molar-refractivity contribution >= 4 is 23.3 Å². The number of aryl methyl sites for hydroxylation is 1. The first-order valence-corrected chi connectivity index (χ1v) is 12.8. The topological polar surface area (TPSA) is 113 Å². The number of nitro groups is 1. The van der Waals surface area contributed by atoms with E-state index in [1.165, 1.54) is 24.3 Å². The van der Waals surface area contributed by atoms with Crippen molar-refractivity contribution in [3.63, 3.8) is 0 Å². The third-order valence-electron chi connectivity index (χ3n) is 7.04. The lowest BCUT2D eigenvalue weighted by Gasteiger charge is -2.32. The van der Waals surface area contributed by atoms with Crippen LogP contribution in [0.5, 0.6) is 0 Å². The lowest BCUT2D eigenvalue weighted by atomic mass is 9.96. The molecule has 4 aromatic carbocycles. The second kappa shape index (κ2) is 11.4. The molecule has 0 aliphatic carbocycles. The zero-order valence-corrected chi connectivity index (χ0v) is 21.5. The predicted octanol–water partition coefficient (Wildman–Crippen LogP) is 5.98. The highest BCUT2D eigenvalue weighted by molar-refractivity contribution is 5.96. The smallest absolute Gasteiger partial charge is 0.336 e. The number of benzene rings is 4. The fraction of sp³-hybridized carbons (Fsp3) is 0.161. The monoisotopic (exact) mass is 539 g/mol. The molecule has 0 aromatic heterocycles. The van der Waals surface area contributed by atoms with Crippen molar-refractivity contribution in [2.24, 2.45) is 0 Å². The molecular weight excluding hydrogens is 513 g/mol. The quantitative estimate of drug-likeness (QED) is 0.210. The van der Waals surface area contributed by atoms with Gasteiger partial charge in [0.1, 0.15) is 5.82 Å². The minimum absolute atomic E-state index is 0.00587. The molecule has 0 spiro atoms. The summed E-state index contributed by atoms with van der Waals surface area (Å²) in [6, 6.07) is 22.8. The van der Waals surface area contributed by atoms with Gasteiger partial charge in [-0.1, -0.05) is 42.5 Å². The van der Waals surface area contributed by atoms with E-state index in [0.717, 1.165) is 36.2 Å². The maximum Gasteiger partial charge on any atom is 0.336 e. The number of carboxylic acid groups (broad SMARTS) is 1. The number of carbonyl (C=O) groups is 2. The van der Waals surface area contributed by atoms with Crippen molar-refractivity contribution in [3.8, 4) is 11.1 Å². The first-order valence-electron chi connectivity index (χ1n) is 12.8. The van der Waals surface area contributed by atoms with Crippen LogP contribution in [-0.4, -0.2) is 28.5 Å². The van der Waals surface area contributed by atoms with E-state index in [9.17, 15) is 24.8 Å². The van der Waals surface area contributed by atoms with E-state index < -0.39 is 16.7 Å². The molecule has 9 heteroatoms. The summed E-state index contributed by atoms with van der Waals surface area (Å²) in [4.78, 5) is 36.8. The van der Waals surface area contributed by atoms with Crippen LogP contribution in [-0.2, 0) is 19.5 Å². The molecule has 5 rings (SSSR count). The SMILES string of the molecule is O=C(NCc1ccc([N+](=O)[O-])cc1)c1ccc2c(c1)CCCN2Cc1ccc(-c2ccccc2C(=O)O)cc1F. The first-order chi connectivity index (χ1) is 19.3. The van der Waals surface area contributed by atoms with E-state index in [-0.39, 0.29) is 23.7 Å². The number of carbonyl (C=O) groups excluding carboxylic acids is 1. The van der Waals surface area contributed by atoms with Gasteiger partial charge in [0, 0.05) is 48.6 Å². The lowest BCUT2D eigenvalue weighted by molar-refractivity contribution is -0.384. The Balaban J connectivity index is 1.28. The number of halogens is 1. The number of anilines is 1. The zero-order valence-electron chi connectivity index (χ0n) is 21.5. The predicted molar refractivity (Wildman–Crippen MR) is 149 cm³/mol. The minimum Gasteiger partial charge on any atom is -0.478 e. The molecule has 0 fully saturated rings. The lowest BCUT2D eigenvalue weighted by Crippen LogP contribution is -2.30. The summed E-state index contributed by atoms with van der Waals surface area (Å²) in [6.07, 6.45) is 1.65. The van der Waals surface area contributed by atoms with Crippen molar-refractivity contribution < 1.29 is 24.0 Å². The fourth-order valence-corrected chi connectivity index (χ4v) is 4.97. The van der Waals surface area contributed by atoms with Gasteiger partial charge < -0.3 is 15.3 Å². The van der Waals surface area contributed by atoms with Crippen LogP contribution in [0.4, 0.5) is 15.8 Å². The van der Waals surface area contributed by atoms with Crippen LogP contribution in [0.15, 0.2) is 84.9 Å². The maximum absolute atomic E-state index is 15.2. The summed E-state index contributed by atoms with van der Waals surface area (Å²) < 4.78 is 15.2. The number of amides is 1. The molecule has 1 aliphatic rings. The zero-order chi connectivity index (χ0) is 28.2. The van der Waals surface area contributed by atoms with Crippen LogP contribution in [0, 0.1) is 15.9 Å². The van der Waals surface area contributed by atoms with Crippen molar-refractivity contribution in [3.05, 3.63) is 129 Å². The summed E-state index contributed by atoms with van der Waals surface area (Å²) >= 11 is 0. The van der Waals surface area contributed by atoms with Crippen LogP contribution in [0.3, 0.4) is 0 Å². The number of carboxylic acids is 1. The van der Waals surface area contributed by atoms with Crippen molar-refractivity contribution in [2.75, 3.05) is 11.4 Å². The molecule has 0 atom stereocenters. The summed E-state index contributed by atoms with van der Waals surface area (Å²) in [6.45, 7) is 1.32. The summed E-state index contributed by atoms with van der Waals surface area (Å²) in [5.74, 6) is -1.72. The van der Waals surface area contributed by atoms with E-state index in [1.54, 1.807) is 48.5 Å². The van der Waals surface area contributed by atoms with Crippen LogP contribution < -0.4 is 10.2 Å². The molecule has 202 valence electrons. The first kappa shape index (κ1) is 26.6. The Bertz CT molecular complexity index is 1600. The number of nitrogens with zero attached hydrogens (tertiary/aromatic N) is 2. The third-order valence-corrected chi connectivity index (χ3v) is 7.04. The number of nitro benzene ring substituents is 1. The molecule has 1 aliphatic heterocycles. The molecule has 0 unspecified atom stereocenters. The van der Waals surface area contributed by atoms with Gasteiger partial charge in [-0.15, -0.1) is 0 Å². The fourth-order valence-electron chi connectivity index (χ4n) is 4.97. The molecule has 0 radical (unpaired) electrons. The second-order valence-corrected chi connectivity index (χ2v) is 9.63. The van der Waals surface area contributed by atoms with E-state index in [0.29, 0.717) is 28.8 Å². The molecule has 1 heterocycles. The number of fused-ring (bicyclic) bond motifs is 1. The van der Waals surface area contributed by atoms with Gasteiger partial charge in [-0.3, -0.25) is 14.9 Å². The highest BCUT2D eigenvalue weighted by Crippen LogP contribution is 2.31. The number of rotatable bonds is 8. The highest BCUT2D eigenvalue weighted by atomic mass is 19.1. The molecule has 2 N–H and O–H groups in total. The van der Waals surface area contributed by atoms with Gasteiger partial charge >= 0.3 is 5.97 Å². The van der Waals surface area contributed by atoms with E-state index in [2.05, 4.69) is 10.2 Å². The van der Waals surface area contributed by atoms with Gasteiger partial charge in [0.2, 0.25) is 0 Å². The van der Waals surface area contributed by atoms with Crippen molar-refractivity contribution in [1.82, 2.24) is 5.32 Å². The number of hydrogen-bond acceptors (Lipinski definition) is 5. The van der Waals surface area contributed by atoms with E-state index in [4.69, 9.17) is 0 Å². The van der Waals surface area contributed by atoms with Crippen molar-refractivity contribution in [1.29, 1.82) is 0 Å². The van der Waals surface area contributed by atoms with Gasteiger partial charge in [0.25, 0.3) is 11.6 Å². The van der Waals surface area contributed by atoms with E-state index in [1.807, 2.05) is 12.1 Å². The van der Waals surface area contributed by atoms with Crippen LogP contribution in [0.25, 0.3) is 11.1 Å². The van der Waals surface area contributed by atoms with Gasteiger partial charge in [-0.25, -0.2) is 9.18 Å². The average Bonchev–Trinajstić information content (AvgIpc) is 2.97. The third kappa shape index (κ3) is 5.68. The van der Waals surface area contributed by atoms with Crippen LogP contribution in [0.1, 0.15) is 43.8 Å². The highest BCUT2D eigenvalue weighted by Gasteiger charge is 2.21. The van der Waals surface area contributed by atoms with Gasteiger partial charge in [-0.05, 0) is 65.4 Å². The van der Waals surface area contributed by atoms with Crippen LogP contribution in [0.2, 0.25) is 0 Å². The number of aromatic carboxylic acids is 1. The Morgan fingerprint density at radius 2 is 1.77 bits per heavy atom. The Labute approximate surface area is 229 Å². The molecule has 0 saturated carbocycles. The molecule has 40 heavy (non-hydrogen) atoms. The molecule has 8 nitrogen and oxygen atoms in total. The summed E-state index contributed by atoms with van der Waals surface area (Å²) in [5, 5.41) is 23.1. The Morgan fingerprint density at radius 3 is 2.50 bits per heavy atom. The second-order valence-electron chi connectivity index (χ2n) is 9.63. The Hall–Kier alpha value is -5.05. The Morgan fingerprint density at radius 1 is 1.00 bits per heavy atom. The molecule has 4 aromatic rings. The van der Waals surface area contributed by atoms with Gasteiger partial charge in [-0.2, -0.15) is 0 Å².